The van der Waals surface area contributed by atoms with Crippen LogP contribution >= 0.6 is 0 Å². The third kappa shape index (κ3) is 1.93. The molecule has 0 unspecified atom stereocenters. The normalized spacial score (nSPS) is 10.1. The second-order valence-electron chi connectivity index (χ2n) is 3.43. The van der Waals surface area contributed by atoms with Crippen LogP contribution in [0.15, 0.2) is 42.5 Å². The summed E-state index contributed by atoms with van der Waals surface area (Å²) in [5.41, 5.74) is 1.88. The van der Waals surface area contributed by atoms with Crippen LogP contribution in [0.25, 0.3) is 11.1 Å². The van der Waals surface area contributed by atoms with Gasteiger partial charge in [0.25, 0.3) is 0 Å². The van der Waals surface area contributed by atoms with Crippen molar-refractivity contribution in [1.82, 2.24) is 0 Å². The Morgan fingerprint density at radius 3 is 2.12 bits per heavy atom. The maximum absolute atomic E-state index is 9.46. The summed E-state index contributed by atoms with van der Waals surface area (Å²) in [7, 11) is 1.51. The van der Waals surface area contributed by atoms with Crippen LogP contribution in [0.2, 0.25) is 0 Å². The lowest BCUT2D eigenvalue weighted by Gasteiger charge is -2.06. The predicted molar refractivity (Wildman–Crippen MR) is 61.8 cm³/mol. The molecule has 0 bridgehead atoms. The molecule has 0 aromatic heterocycles. The van der Waals surface area contributed by atoms with Crippen molar-refractivity contribution in [2.75, 3.05) is 7.11 Å². The third-order valence-corrected chi connectivity index (χ3v) is 2.38. The first kappa shape index (κ1) is 10.4. The van der Waals surface area contributed by atoms with E-state index in [4.69, 9.17) is 4.74 Å². The van der Waals surface area contributed by atoms with E-state index in [1.807, 2.05) is 0 Å². The summed E-state index contributed by atoms with van der Waals surface area (Å²) in [6.45, 7) is 0. The van der Waals surface area contributed by atoms with E-state index in [2.05, 4.69) is 0 Å². The van der Waals surface area contributed by atoms with Crippen LogP contribution in [-0.4, -0.2) is 17.3 Å². The van der Waals surface area contributed by atoms with Crippen LogP contribution in [0.3, 0.4) is 0 Å². The fourth-order valence-corrected chi connectivity index (χ4v) is 1.51. The SMILES string of the molecule is COc1cc(-c2ccc(O)cc2)ccc1O. The molecule has 16 heavy (non-hydrogen) atoms. The average molecular weight is 216 g/mol. The van der Waals surface area contributed by atoms with Gasteiger partial charge in [-0.2, -0.15) is 0 Å². The highest BCUT2D eigenvalue weighted by molar-refractivity contribution is 5.67. The smallest absolute Gasteiger partial charge is 0.161 e. The molecule has 82 valence electrons. The summed E-state index contributed by atoms with van der Waals surface area (Å²) in [4.78, 5) is 0. The summed E-state index contributed by atoms with van der Waals surface area (Å²) >= 11 is 0. The van der Waals surface area contributed by atoms with E-state index in [1.54, 1.807) is 42.5 Å². The Bertz CT molecular complexity index is 489. The zero-order chi connectivity index (χ0) is 11.5. The molecule has 3 heteroatoms. The number of phenolic OH excluding ortho intramolecular Hbond substituents is 2. The van der Waals surface area contributed by atoms with Gasteiger partial charge in [-0.05, 0) is 35.4 Å². The predicted octanol–water partition coefficient (Wildman–Crippen LogP) is 2.77. The molecule has 3 nitrogen and oxygen atoms in total. The molecule has 0 heterocycles. The molecule has 0 spiro atoms. The van der Waals surface area contributed by atoms with Crippen molar-refractivity contribution in [2.45, 2.75) is 0 Å². The summed E-state index contributed by atoms with van der Waals surface area (Å²) in [6.07, 6.45) is 0. The zero-order valence-electron chi connectivity index (χ0n) is 8.84. The van der Waals surface area contributed by atoms with Crippen LogP contribution in [0.1, 0.15) is 0 Å². The highest BCUT2D eigenvalue weighted by atomic mass is 16.5. The van der Waals surface area contributed by atoms with Crippen molar-refractivity contribution in [3.8, 4) is 28.4 Å². The minimum Gasteiger partial charge on any atom is -0.508 e. The first-order valence-corrected chi connectivity index (χ1v) is 4.87. The molecular formula is C13H12O3. The topological polar surface area (TPSA) is 49.7 Å². The Balaban J connectivity index is 2.44. The second-order valence-corrected chi connectivity index (χ2v) is 3.43. The molecule has 2 aromatic rings. The number of phenols is 2. The molecule has 0 radical (unpaired) electrons. The lowest BCUT2D eigenvalue weighted by molar-refractivity contribution is 0.373. The quantitative estimate of drug-likeness (QED) is 0.811. The van der Waals surface area contributed by atoms with Gasteiger partial charge < -0.3 is 14.9 Å². The Kier molecular flexibility index (Phi) is 2.68. The van der Waals surface area contributed by atoms with Crippen molar-refractivity contribution in [1.29, 1.82) is 0 Å². The van der Waals surface area contributed by atoms with Crippen molar-refractivity contribution >= 4 is 0 Å². The highest BCUT2D eigenvalue weighted by Crippen LogP contribution is 2.31. The van der Waals surface area contributed by atoms with Gasteiger partial charge >= 0.3 is 0 Å². The van der Waals surface area contributed by atoms with E-state index in [0.29, 0.717) is 5.75 Å². The van der Waals surface area contributed by atoms with Gasteiger partial charge in [-0.25, -0.2) is 0 Å². The van der Waals surface area contributed by atoms with Gasteiger partial charge in [0.05, 0.1) is 7.11 Å². The number of rotatable bonds is 2. The summed E-state index contributed by atoms with van der Waals surface area (Å²) < 4.78 is 5.03. The van der Waals surface area contributed by atoms with Crippen LogP contribution in [0.5, 0.6) is 17.2 Å². The molecular weight excluding hydrogens is 204 g/mol. The van der Waals surface area contributed by atoms with Crippen LogP contribution in [-0.2, 0) is 0 Å². The lowest BCUT2D eigenvalue weighted by Crippen LogP contribution is -1.85. The van der Waals surface area contributed by atoms with Gasteiger partial charge in [0.2, 0.25) is 0 Å². The van der Waals surface area contributed by atoms with E-state index >= 15 is 0 Å². The Morgan fingerprint density at radius 2 is 1.50 bits per heavy atom. The molecule has 0 aliphatic heterocycles. The molecule has 0 aliphatic carbocycles. The molecule has 2 N–H and O–H groups in total. The second kappa shape index (κ2) is 4.14. The summed E-state index contributed by atoms with van der Waals surface area (Å²) in [5, 5.41) is 18.6. The highest BCUT2D eigenvalue weighted by Gasteiger charge is 2.04. The van der Waals surface area contributed by atoms with Gasteiger partial charge in [0.1, 0.15) is 5.75 Å². The number of hydrogen-bond donors (Lipinski definition) is 2. The zero-order valence-corrected chi connectivity index (χ0v) is 8.84. The van der Waals surface area contributed by atoms with Gasteiger partial charge in [-0.3, -0.25) is 0 Å². The maximum Gasteiger partial charge on any atom is 0.161 e. The Morgan fingerprint density at radius 1 is 0.875 bits per heavy atom. The van der Waals surface area contributed by atoms with E-state index in [0.717, 1.165) is 11.1 Å². The standard InChI is InChI=1S/C13H12O3/c1-16-13-8-10(4-7-12(13)15)9-2-5-11(14)6-3-9/h2-8,14-15H,1H3. The monoisotopic (exact) mass is 216 g/mol. The molecule has 0 amide bonds. The van der Waals surface area contributed by atoms with Crippen molar-refractivity contribution in [3.63, 3.8) is 0 Å². The van der Waals surface area contributed by atoms with Crippen molar-refractivity contribution in [3.05, 3.63) is 42.5 Å². The van der Waals surface area contributed by atoms with Crippen LogP contribution in [0, 0.1) is 0 Å². The molecule has 0 saturated carbocycles. The number of ether oxygens (including phenoxy) is 1. The number of aromatic hydroxyl groups is 2. The summed E-state index contributed by atoms with van der Waals surface area (Å²) in [6, 6.07) is 12.0. The minimum absolute atomic E-state index is 0.116. The largest absolute Gasteiger partial charge is 0.508 e. The molecule has 0 saturated heterocycles. The summed E-state index contributed by atoms with van der Waals surface area (Å²) in [5.74, 6) is 0.782. The number of methoxy groups -OCH3 is 1. The molecule has 0 fully saturated rings. The lowest BCUT2D eigenvalue weighted by atomic mass is 10.1. The first-order chi connectivity index (χ1) is 7.70. The maximum atomic E-state index is 9.46. The minimum atomic E-state index is 0.116. The fraction of sp³-hybridized carbons (Fsp3) is 0.0769. The van der Waals surface area contributed by atoms with Gasteiger partial charge in [-0.15, -0.1) is 0 Å². The van der Waals surface area contributed by atoms with Crippen molar-refractivity contribution < 1.29 is 14.9 Å². The fourth-order valence-electron chi connectivity index (χ4n) is 1.51. The first-order valence-electron chi connectivity index (χ1n) is 4.87. The molecule has 0 atom stereocenters. The van der Waals surface area contributed by atoms with E-state index < -0.39 is 0 Å². The number of hydrogen-bond acceptors (Lipinski definition) is 3. The van der Waals surface area contributed by atoms with Gasteiger partial charge in [0, 0.05) is 0 Å². The van der Waals surface area contributed by atoms with Crippen LogP contribution < -0.4 is 4.74 Å². The van der Waals surface area contributed by atoms with Crippen molar-refractivity contribution in [2.24, 2.45) is 0 Å². The van der Waals surface area contributed by atoms with E-state index in [-0.39, 0.29) is 11.5 Å². The van der Waals surface area contributed by atoms with E-state index in [1.165, 1.54) is 7.11 Å². The number of benzene rings is 2. The molecule has 2 rings (SSSR count). The Hall–Kier alpha value is -2.16. The van der Waals surface area contributed by atoms with E-state index in [9.17, 15) is 10.2 Å². The van der Waals surface area contributed by atoms with Crippen LogP contribution in [0.4, 0.5) is 0 Å². The van der Waals surface area contributed by atoms with Gasteiger partial charge in [0.15, 0.2) is 11.5 Å². The average Bonchev–Trinajstić information content (AvgIpc) is 2.31. The van der Waals surface area contributed by atoms with Gasteiger partial charge in [-0.1, -0.05) is 18.2 Å². The third-order valence-electron chi connectivity index (χ3n) is 2.38. The molecule has 2 aromatic carbocycles. The molecule has 0 aliphatic rings. The Labute approximate surface area is 93.6 Å².